The van der Waals surface area contributed by atoms with Crippen LogP contribution in [0.4, 0.5) is 9.59 Å². The third kappa shape index (κ3) is 8.31. The maximum absolute atomic E-state index is 13.7. The summed E-state index contributed by atoms with van der Waals surface area (Å²) in [5.74, 6) is -2.30. The van der Waals surface area contributed by atoms with E-state index in [0.29, 0.717) is 4.90 Å². The number of esters is 1. The summed E-state index contributed by atoms with van der Waals surface area (Å²) in [6, 6.07) is 3.75. The topological polar surface area (TPSA) is 137 Å². The quantitative estimate of drug-likeness (QED) is 0.296. The Bertz CT molecular complexity index is 1160. The highest BCUT2D eigenvalue weighted by atomic mass is 32.2. The number of benzene rings is 1. The molecule has 1 rings (SSSR count). The Kier molecular flexibility index (Phi) is 10.0. The van der Waals surface area contributed by atoms with Crippen LogP contribution in [-0.2, 0) is 33.8 Å². The van der Waals surface area contributed by atoms with Gasteiger partial charge in [0.1, 0.15) is 22.9 Å². The molecule has 0 N–H and O–H groups in total. The highest BCUT2D eigenvalue weighted by molar-refractivity contribution is 7.89. The Morgan fingerprint density at radius 2 is 1.35 bits per heavy atom. The van der Waals surface area contributed by atoms with E-state index in [4.69, 9.17) is 9.47 Å². The first-order valence-electron chi connectivity index (χ1n) is 11.4. The zero-order valence-electron chi connectivity index (χ0n) is 22.9. The van der Waals surface area contributed by atoms with Crippen molar-refractivity contribution in [3.63, 3.8) is 0 Å². The number of carbonyl (C=O) groups is 4. The number of hydrogen-bond acceptors (Lipinski definition) is 9. The number of carbonyl (C=O) groups excluding carboxylic acids is 4. The van der Waals surface area contributed by atoms with E-state index >= 15 is 0 Å². The Labute approximate surface area is 218 Å². The van der Waals surface area contributed by atoms with Gasteiger partial charge in [-0.1, -0.05) is 23.8 Å². The number of imide groups is 1. The summed E-state index contributed by atoms with van der Waals surface area (Å²) in [5.41, 5.74) is -1.96. The third-order valence-electron chi connectivity index (χ3n) is 4.57. The number of rotatable bonds is 6. The van der Waals surface area contributed by atoms with E-state index in [-0.39, 0.29) is 9.20 Å². The van der Waals surface area contributed by atoms with E-state index < -0.39 is 57.0 Å². The number of sulfonamides is 1. The summed E-state index contributed by atoms with van der Waals surface area (Å²) < 4.78 is 42.7. The normalized spacial score (nSPS) is 13.3. The van der Waals surface area contributed by atoms with Gasteiger partial charge in [-0.3, -0.25) is 4.79 Å². The predicted octanol–water partition coefficient (Wildman–Crippen LogP) is 4.15. The lowest BCUT2D eigenvalue weighted by atomic mass is 10.2. The maximum Gasteiger partial charge on any atom is 0.425 e. The molecular formula is C25H36N2O9S. The lowest BCUT2D eigenvalue weighted by molar-refractivity contribution is -0.142. The van der Waals surface area contributed by atoms with Crippen molar-refractivity contribution in [2.75, 3.05) is 7.11 Å². The van der Waals surface area contributed by atoms with Crippen LogP contribution in [0.3, 0.4) is 0 Å². The average molecular weight is 541 g/mol. The van der Waals surface area contributed by atoms with Gasteiger partial charge < -0.3 is 14.2 Å². The number of nitrogens with zero attached hydrogens (tertiary/aromatic N) is 2. The molecule has 0 saturated carbocycles. The van der Waals surface area contributed by atoms with Gasteiger partial charge in [-0.25, -0.2) is 27.7 Å². The first kappa shape index (κ1) is 31.6. The van der Waals surface area contributed by atoms with Crippen molar-refractivity contribution in [3.05, 3.63) is 41.6 Å². The molecule has 0 bridgehead atoms. The SMILES string of the molecule is C/C=C(/C(=O)OC)N(C(=O)OC(C)(C)C)C(=O)[C@H](C)N(C(=O)OC(C)(C)C)S(=O)(=O)c1ccc(C)cc1. The van der Waals surface area contributed by atoms with Crippen LogP contribution >= 0.6 is 0 Å². The third-order valence-corrected chi connectivity index (χ3v) is 6.42. The molecule has 12 heteroatoms. The summed E-state index contributed by atoms with van der Waals surface area (Å²) in [4.78, 5) is 52.4. The molecule has 37 heavy (non-hydrogen) atoms. The molecule has 11 nitrogen and oxygen atoms in total. The molecule has 206 valence electrons. The van der Waals surface area contributed by atoms with Crippen molar-refractivity contribution in [2.24, 2.45) is 0 Å². The van der Waals surface area contributed by atoms with Crippen LogP contribution in [0, 0.1) is 6.92 Å². The molecule has 0 aromatic heterocycles. The van der Waals surface area contributed by atoms with Crippen LogP contribution in [0.5, 0.6) is 0 Å². The van der Waals surface area contributed by atoms with Gasteiger partial charge >= 0.3 is 18.2 Å². The summed E-state index contributed by atoms with van der Waals surface area (Å²) >= 11 is 0. The molecule has 0 spiro atoms. The van der Waals surface area contributed by atoms with Crippen molar-refractivity contribution in [2.45, 2.75) is 84.5 Å². The molecule has 0 unspecified atom stereocenters. The van der Waals surface area contributed by atoms with Crippen LogP contribution in [-0.4, -0.2) is 66.0 Å². The fourth-order valence-electron chi connectivity index (χ4n) is 2.94. The van der Waals surface area contributed by atoms with E-state index in [1.807, 2.05) is 0 Å². The minimum Gasteiger partial charge on any atom is -0.464 e. The number of aryl methyl sites for hydroxylation is 1. The predicted molar refractivity (Wildman–Crippen MR) is 135 cm³/mol. The first-order valence-corrected chi connectivity index (χ1v) is 12.9. The molecule has 0 aliphatic heterocycles. The Morgan fingerprint density at radius 3 is 1.76 bits per heavy atom. The molecule has 1 aromatic carbocycles. The van der Waals surface area contributed by atoms with Crippen molar-refractivity contribution < 1.29 is 41.8 Å². The number of amides is 3. The molecule has 0 aliphatic rings. The summed E-state index contributed by atoms with van der Waals surface area (Å²) in [6.45, 7) is 13.4. The Balaban J connectivity index is 3.75. The monoisotopic (exact) mass is 540 g/mol. The van der Waals surface area contributed by atoms with Crippen LogP contribution < -0.4 is 0 Å². The molecule has 0 fully saturated rings. The van der Waals surface area contributed by atoms with Crippen molar-refractivity contribution in [3.8, 4) is 0 Å². The first-order chi connectivity index (χ1) is 16.8. The number of methoxy groups -OCH3 is 1. The summed E-state index contributed by atoms with van der Waals surface area (Å²) in [7, 11) is -3.62. The van der Waals surface area contributed by atoms with E-state index in [1.165, 1.54) is 52.0 Å². The Morgan fingerprint density at radius 1 is 0.892 bits per heavy atom. The molecule has 0 radical (unpaired) electrons. The molecule has 0 heterocycles. The molecule has 1 atom stereocenters. The van der Waals surface area contributed by atoms with Gasteiger partial charge in [0.25, 0.3) is 15.9 Å². The molecule has 0 aliphatic carbocycles. The van der Waals surface area contributed by atoms with Gasteiger partial charge in [0.15, 0.2) is 0 Å². The molecule has 1 aromatic rings. The van der Waals surface area contributed by atoms with Gasteiger partial charge in [0.05, 0.1) is 12.0 Å². The highest BCUT2D eigenvalue weighted by Gasteiger charge is 2.45. The van der Waals surface area contributed by atoms with E-state index in [2.05, 4.69) is 4.74 Å². The van der Waals surface area contributed by atoms with Gasteiger partial charge in [0, 0.05) is 0 Å². The zero-order chi connectivity index (χ0) is 28.9. The second kappa shape index (κ2) is 11.8. The minimum absolute atomic E-state index is 0.243. The van der Waals surface area contributed by atoms with Crippen LogP contribution in [0.1, 0.15) is 61.0 Å². The summed E-state index contributed by atoms with van der Waals surface area (Å²) in [6.07, 6.45) is -1.48. The van der Waals surface area contributed by atoms with Gasteiger partial charge in [0.2, 0.25) is 0 Å². The molecule has 0 saturated heterocycles. The van der Waals surface area contributed by atoms with Crippen LogP contribution in [0.15, 0.2) is 40.9 Å². The minimum atomic E-state index is -4.66. The second-order valence-corrected chi connectivity index (χ2v) is 11.9. The lowest BCUT2D eigenvalue weighted by Gasteiger charge is -2.33. The fraction of sp³-hybridized carbons (Fsp3) is 0.520. The van der Waals surface area contributed by atoms with E-state index in [1.54, 1.807) is 27.7 Å². The summed E-state index contributed by atoms with van der Waals surface area (Å²) in [5, 5.41) is 0. The largest absolute Gasteiger partial charge is 0.464 e. The standard InChI is InChI=1S/C25H36N2O9S/c1-11-19(21(29)34-10)26(22(30)35-24(4,5)6)20(28)17(3)27(23(31)36-25(7,8)9)37(32,33)18-14-12-16(2)13-15-18/h11-15,17H,1-10H3/b19-11-/t17-/m0/s1. The van der Waals surface area contributed by atoms with Gasteiger partial charge in [-0.2, -0.15) is 4.31 Å². The van der Waals surface area contributed by atoms with Crippen LogP contribution in [0.2, 0.25) is 0 Å². The van der Waals surface area contributed by atoms with E-state index in [9.17, 15) is 27.6 Å². The average Bonchev–Trinajstić information content (AvgIpc) is 2.73. The number of allylic oxidation sites excluding steroid dienone is 1. The lowest BCUT2D eigenvalue weighted by Crippen LogP contribution is -2.55. The highest BCUT2D eigenvalue weighted by Crippen LogP contribution is 2.25. The van der Waals surface area contributed by atoms with Crippen molar-refractivity contribution in [1.82, 2.24) is 9.21 Å². The zero-order valence-corrected chi connectivity index (χ0v) is 23.8. The van der Waals surface area contributed by atoms with Gasteiger partial charge in [-0.15, -0.1) is 0 Å². The smallest absolute Gasteiger partial charge is 0.425 e. The fourth-order valence-corrected chi connectivity index (χ4v) is 4.39. The number of hydrogen-bond donors (Lipinski definition) is 0. The van der Waals surface area contributed by atoms with Gasteiger partial charge in [-0.05, 0) is 74.4 Å². The van der Waals surface area contributed by atoms with Crippen molar-refractivity contribution >= 4 is 34.1 Å². The number of ether oxygens (including phenoxy) is 3. The maximum atomic E-state index is 13.7. The second-order valence-electron chi connectivity index (χ2n) is 10.1. The van der Waals surface area contributed by atoms with Crippen LogP contribution in [0.25, 0.3) is 0 Å². The van der Waals surface area contributed by atoms with E-state index in [0.717, 1.165) is 25.7 Å². The molecule has 3 amide bonds. The Hall–Kier alpha value is -3.41. The van der Waals surface area contributed by atoms with Crippen molar-refractivity contribution in [1.29, 1.82) is 0 Å². The molecular weight excluding hydrogens is 504 g/mol.